The van der Waals surface area contributed by atoms with Crippen LogP contribution in [-0.2, 0) is 9.47 Å². The lowest BCUT2D eigenvalue weighted by Crippen LogP contribution is -2.35. The van der Waals surface area contributed by atoms with Gasteiger partial charge in [0.1, 0.15) is 22.9 Å². The number of hydrogen-bond donors (Lipinski definition) is 1. The maximum Gasteiger partial charge on any atom is 0.407 e. The molecule has 1 aromatic carbocycles. The average Bonchev–Trinajstić information content (AvgIpc) is 2.97. The molecule has 27 heavy (non-hydrogen) atoms. The molecule has 1 aromatic heterocycles. The van der Waals surface area contributed by atoms with Gasteiger partial charge in [-0.1, -0.05) is 0 Å². The van der Waals surface area contributed by atoms with E-state index in [0.29, 0.717) is 0 Å². The minimum atomic E-state index is -0.698. The van der Waals surface area contributed by atoms with E-state index in [2.05, 4.69) is 5.32 Å². The Labute approximate surface area is 156 Å². The molecule has 0 saturated carbocycles. The van der Waals surface area contributed by atoms with Crippen molar-refractivity contribution < 1.29 is 27.8 Å². The smallest absolute Gasteiger partial charge is 0.407 e. The van der Waals surface area contributed by atoms with Crippen LogP contribution in [0.25, 0.3) is 10.9 Å². The van der Waals surface area contributed by atoms with Crippen LogP contribution < -0.4 is 5.32 Å². The molecule has 0 spiro atoms. The number of aromatic nitrogens is 1. The third kappa shape index (κ3) is 4.75. The molecule has 0 aliphatic carbocycles. The molecule has 148 valence electrons. The molecule has 1 atom stereocenters. The standard InChI is InChI=1S/C19H24F2N2O4/c1-6-26-17(24)15-9-12-13(20)7-8-14(21)16(12)23(15)11(2)10-22-18(25)27-19(3,4)5/h7-9,11H,6,10H2,1-5H3,(H,22,25). The summed E-state index contributed by atoms with van der Waals surface area (Å²) in [6, 6.07) is 2.69. The third-order valence-corrected chi connectivity index (χ3v) is 3.76. The second kappa shape index (κ2) is 7.94. The summed E-state index contributed by atoms with van der Waals surface area (Å²) in [5.41, 5.74) is -0.718. The van der Waals surface area contributed by atoms with Gasteiger partial charge >= 0.3 is 12.1 Å². The topological polar surface area (TPSA) is 69.6 Å². The lowest BCUT2D eigenvalue weighted by molar-refractivity contribution is 0.0512. The van der Waals surface area contributed by atoms with Crippen molar-refractivity contribution in [1.29, 1.82) is 0 Å². The number of ether oxygens (including phenoxy) is 2. The number of carbonyl (C=O) groups is 2. The summed E-state index contributed by atoms with van der Waals surface area (Å²) in [6.45, 7) is 8.66. The van der Waals surface area contributed by atoms with Crippen molar-refractivity contribution in [2.75, 3.05) is 13.2 Å². The summed E-state index contributed by atoms with van der Waals surface area (Å²) in [4.78, 5) is 24.2. The molecule has 2 aromatic rings. The highest BCUT2D eigenvalue weighted by Crippen LogP contribution is 2.29. The lowest BCUT2D eigenvalue weighted by atomic mass is 10.2. The zero-order valence-electron chi connectivity index (χ0n) is 16.1. The summed E-state index contributed by atoms with van der Waals surface area (Å²) in [5, 5.41) is 2.55. The first kappa shape index (κ1) is 20.7. The Morgan fingerprint density at radius 1 is 1.22 bits per heavy atom. The predicted molar refractivity (Wildman–Crippen MR) is 96.8 cm³/mol. The minimum absolute atomic E-state index is 0.00865. The second-order valence-corrected chi connectivity index (χ2v) is 7.14. The van der Waals surface area contributed by atoms with Crippen LogP contribution >= 0.6 is 0 Å². The molecule has 1 heterocycles. The molecular weight excluding hydrogens is 358 g/mol. The molecule has 6 nitrogen and oxygen atoms in total. The number of nitrogens with zero attached hydrogens (tertiary/aromatic N) is 1. The first-order chi connectivity index (χ1) is 12.5. The van der Waals surface area contributed by atoms with Crippen LogP contribution in [0.3, 0.4) is 0 Å². The van der Waals surface area contributed by atoms with E-state index in [1.165, 1.54) is 10.6 Å². The van der Waals surface area contributed by atoms with Gasteiger partial charge in [-0.3, -0.25) is 0 Å². The van der Waals surface area contributed by atoms with Crippen molar-refractivity contribution in [2.45, 2.75) is 46.3 Å². The predicted octanol–water partition coefficient (Wildman–Crippen LogP) is 4.18. The van der Waals surface area contributed by atoms with Gasteiger partial charge in [0.05, 0.1) is 12.1 Å². The summed E-state index contributed by atoms with van der Waals surface area (Å²) >= 11 is 0. The summed E-state index contributed by atoms with van der Waals surface area (Å²) in [7, 11) is 0. The Morgan fingerprint density at radius 3 is 2.44 bits per heavy atom. The van der Waals surface area contributed by atoms with E-state index in [4.69, 9.17) is 9.47 Å². The van der Waals surface area contributed by atoms with Gasteiger partial charge in [-0.25, -0.2) is 18.4 Å². The molecule has 0 radical (unpaired) electrons. The molecule has 0 saturated heterocycles. The van der Waals surface area contributed by atoms with Gasteiger partial charge in [-0.2, -0.15) is 0 Å². The van der Waals surface area contributed by atoms with Gasteiger partial charge in [0.2, 0.25) is 0 Å². The SMILES string of the molecule is CCOC(=O)c1cc2c(F)ccc(F)c2n1C(C)CNC(=O)OC(C)(C)C. The summed E-state index contributed by atoms with van der Waals surface area (Å²) < 4.78 is 40.1. The van der Waals surface area contributed by atoms with Crippen molar-refractivity contribution in [3.8, 4) is 0 Å². The quantitative estimate of drug-likeness (QED) is 0.788. The Balaban J connectivity index is 2.39. The van der Waals surface area contributed by atoms with Crippen LogP contribution in [0.5, 0.6) is 0 Å². The molecule has 0 bridgehead atoms. The molecule has 2 rings (SSSR count). The Kier molecular flexibility index (Phi) is 6.08. The second-order valence-electron chi connectivity index (χ2n) is 7.14. The van der Waals surface area contributed by atoms with Crippen molar-refractivity contribution in [1.82, 2.24) is 9.88 Å². The van der Waals surface area contributed by atoms with E-state index in [0.717, 1.165) is 12.1 Å². The third-order valence-electron chi connectivity index (χ3n) is 3.76. The zero-order valence-corrected chi connectivity index (χ0v) is 16.1. The Hall–Kier alpha value is -2.64. The number of nitrogens with one attached hydrogen (secondary N) is 1. The van der Waals surface area contributed by atoms with E-state index in [1.54, 1.807) is 34.6 Å². The van der Waals surface area contributed by atoms with E-state index < -0.39 is 35.3 Å². The fourth-order valence-electron chi connectivity index (χ4n) is 2.72. The van der Waals surface area contributed by atoms with E-state index in [9.17, 15) is 18.4 Å². The molecule has 0 fully saturated rings. The van der Waals surface area contributed by atoms with Crippen LogP contribution in [0.15, 0.2) is 18.2 Å². The van der Waals surface area contributed by atoms with Gasteiger partial charge in [0.25, 0.3) is 0 Å². The fraction of sp³-hybridized carbons (Fsp3) is 0.474. The van der Waals surface area contributed by atoms with Crippen molar-refractivity contribution in [3.63, 3.8) is 0 Å². The van der Waals surface area contributed by atoms with Gasteiger partial charge in [-0.05, 0) is 52.8 Å². The Bertz CT molecular complexity index is 855. The molecule has 1 amide bonds. The number of carbonyl (C=O) groups excluding carboxylic acids is 2. The number of halogens is 2. The highest BCUT2D eigenvalue weighted by atomic mass is 19.1. The number of hydrogen-bond acceptors (Lipinski definition) is 4. The largest absolute Gasteiger partial charge is 0.461 e. The molecule has 8 heteroatoms. The summed E-state index contributed by atoms with van der Waals surface area (Å²) in [5.74, 6) is -2.02. The highest BCUT2D eigenvalue weighted by molar-refractivity contribution is 5.96. The zero-order chi connectivity index (χ0) is 20.4. The normalized spacial score (nSPS) is 12.7. The number of rotatable bonds is 5. The maximum absolute atomic E-state index is 14.4. The molecule has 1 N–H and O–H groups in total. The van der Waals surface area contributed by atoms with E-state index in [1.807, 2.05) is 0 Å². The number of benzene rings is 1. The van der Waals surface area contributed by atoms with Crippen LogP contribution in [0.1, 0.15) is 51.1 Å². The number of fused-ring (bicyclic) bond motifs is 1. The van der Waals surface area contributed by atoms with Crippen molar-refractivity contribution in [3.05, 3.63) is 35.5 Å². The molecule has 0 aliphatic rings. The van der Waals surface area contributed by atoms with Gasteiger partial charge in [0, 0.05) is 18.0 Å². The van der Waals surface area contributed by atoms with Crippen LogP contribution in [0.2, 0.25) is 0 Å². The number of amides is 1. The Morgan fingerprint density at radius 2 is 1.85 bits per heavy atom. The van der Waals surface area contributed by atoms with Crippen LogP contribution in [0, 0.1) is 11.6 Å². The van der Waals surface area contributed by atoms with E-state index in [-0.39, 0.29) is 29.7 Å². The van der Waals surface area contributed by atoms with Crippen LogP contribution in [-0.4, -0.2) is 35.4 Å². The monoisotopic (exact) mass is 382 g/mol. The van der Waals surface area contributed by atoms with Crippen molar-refractivity contribution >= 4 is 23.0 Å². The minimum Gasteiger partial charge on any atom is -0.461 e. The highest BCUT2D eigenvalue weighted by Gasteiger charge is 2.25. The number of alkyl carbamates (subject to hydrolysis) is 1. The number of esters is 1. The lowest BCUT2D eigenvalue weighted by Gasteiger charge is -2.22. The van der Waals surface area contributed by atoms with Gasteiger partial charge in [0.15, 0.2) is 0 Å². The molecule has 1 unspecified atom stereocenters. The van der Waals surface area contributed by atoms with E-state index >= 15 is 0 Å². The van der Waals surface area contributed by atoms with Crippen molar-refractivity contribution in [2.24, 2.45) is 0 Å². The molecular formula is C19H24F2N2O4. The maximum atomic E-state index is 14.4. The summed E-state index contributed by atoms with van der Waals surface area (Å²) in [6.07, 6.45) is -0.643. The van der Waals surface area contributed by atoms with Gasteiger partial charge in [-0.15, -0.1) is 0 Å². The fourth-order valence-corrected chi connectivity index (χ4v) is 2.72. The average molecular weight is 382 g/mol. The van der Waals surface area contributed by atoms with Gasteiger partial charge < -0.3 is 19.4 Å². The van der Waals surface area contributed by atoms with Crippen LogP contribution in [0.4, 0.5) is 13.6 Å². The first-order valence-corrected chi connectivity index (χ1v) is 8.68. The first-order valence-electron chi connectivity index (χ1n) is 8.68. The molecule has 0 aliphatic heterocycles.